The van der Waals surface area contributed by atoms with Gasteiger partial charge in [0.1, 0.15) is 0 Å². The Morgan fingerprint density at radius 2 is 1.13 bits per heavy atom. The Hall–Kier alpha value is -0.160. The summed E-state index contributed by atoms with van der Waals surface area (Å²) in [6.45, 7) is 5.85. The number of hydrogen-bond donors (Lipinski definition) is 2. The zero-order valence-corrected chi connectivity index (χ0v) is 15.3. The second kappa shape index (κ2) is 8.80. The van der Waals surface area contributed by atoms with E-state index in [0.717, 1.165) is 45.3 Å². The summed E-state index contributed by atoms with van der Waals surface area (Å²) in [5.74, 6) is 2.29. The fourth-order valence-electron chi connectivity index (χ4n) is 5.19. The third kappa shape index (κ3) is 4.91. The number of aliphatic hydroxyl groups excluding tert-OH is 2. The van der Waals surface area contributed by atoms with E-state index in [1.807, 2.05) is 0 Å². The lowest BCUT2D eigenvalue weighted by Crippen LogP contribution is -2.42. The van der Waals surface area contributed by atoms with Crippen molar-refractivity contribution in [2.45, 2.75) is 58.2 Å². The van der Waals surface area contributed by atoms with Gasteiger partial charge in [-0.2, -0.15) is 0 Å². The molecule has 2 aliphatic rings. The number of rotatable bonds is 6. The topological polar surface area (TPSA) is 58.9 Å². The second-order valence-electron chi connectivity index (χ2n) is 8.28. The van der Waals surface area contributed by atoms with Crippen LogP contribution >= 0.6 is 0 Å². The Labute approximate surface area is 141 Å². The van der Waals surface area contributed by atoms with Crippen molar-refractivity contribution in [1.82, 2.24) is 0 Å². The van der Waals surface area contributed by atoms with Gasteiger partial charge in [0.25, 0.3) is 0 Å². The lowest BCUT2D eigenvalue weighted by atomic mass is 9.66. The second-order valence-corrected chi connectivity index (χ2v) is 8.28. The molecule has 8 unspecified atom stereocenters. The van der Waals surface area contributed by atoms with Crippen molar-refractivity contribution < 1.29 is 19.7 Å². The molecule has 0 aromatic carbocycles. The fraction of sp³-hybridized carbons (Fsp3) is 1.00. The first kappa shape index (κ1) is 19.2. The van der Waals surface area contributed by atoms with Crippen LogP contribution in [0.15, 0.2) is 0 Å². The minimum absolute atomic E-state index is 0.242. The summed E-state index contributed by atoms with van der Waals surface area (Å²) in [4.78, 5) is 0. The molecule has 4 heteroatoms. The van der Waals surface area contributed by atoms with Crippen LogP contribution in [0.25, 0.3) is 0 Å². The molecule has 0 aromatic heterocycles. The van der Waals surface area contributed by atoms with E-state index in [1.165, 1.54) is 0 Å². The quantitative estimate of drug-likeness (QED) is 0.787. The summed E-state index contributed by atoms with van der Waals surface area (Å²) in [5.41, 5.74) is 0. The number of hydrogen-bond acceptors (Lipinski definition) is 4. The highest BCUT2D eigenvalue weighted by Crippen LogP contribution is 2.42. The van der Waals surface area contributed by atoms with E-state index in [1.54, 1.807) is 14.2 Å². The highest BCUT2D eigenvalue weighted by Gasteiger charge is 2.40. The Kier molecular flexibility index (Phi) is 7.33. The maximum atomic E-state index is 10.6. The molecule has 0 saturated heterocycles. The predicted octanol–water partition coefficient (Wildman–Crippen LogP) is 2.72. The van der Waals surface area contributed by atoms with Crippen molar-refractivity contribution in [2.75, 3.05) is 27.4 Å². The van der Waals surface area contributed by atoms with Crippen LogP contribution in [0, 0.1) is 35.5 Å². The van der Waals surface area contributed by atoms with Gasteiger partial charge in [-0.15, -0.1) is 0 Å². The maximum Gasteiger partial charge on any atom is 0.0594 e. The van der Waals surface area contributed by atoms with Crippen LogP contribution in [0.2, 0.25) is 0 Å². The van der Waals surface area contributed by atoms with Gasteiger partial charge in [0, 0.05) is 27.4 Å². The SMILES string of the molecule is COCC1CC(C)C(O)C(CC2CC(COC)CC(C)C2O)C1. The first-order valence-electron chi connectivity index (χ1n) is 9.30. The molecule has 23 heavy (non-hydrogen) atoms. The Balaban J connectivity index is 1.99. The van der Waals surface area contributed by atoms with Crippen LogP contribution < -0.4 is 0 Å². The van der Waals surface area contributed by atoms with Crippen LogP contribution in [0.4, 0.5) is 0 Å². The molecule has 2 N–H and O–H groups in total. The van der Waals surface area contributed by atoms with Gasteiger partial charge < -0.3 is 19.7 Å². The molecule has 0 spiro atoms. The summed E-state index contributed by atoms with van der Waals surface area (Å²) in [5, 5.41) is 21.3. The zero-order chi connectivity index (χ0) is 17.0. The molecule has 0 radical (unpaired) electrons. The van der Waals surface area contributed by atoms with E-state index in [9.17, 15) is 10.2 Å². The molecular weight excluding hydrogens is 292 g/mol. The van der Waals surface area contributed by atoms with Crippen molar-refractivity contribution in [3.8, 4) is 0 Å². The third-order valence-corrected chi connectivity index (χ3v) is 6.22. The highest BCUT2D eigenvalue weighted by molar-refractivity contribution is 4.90. The number of methoxy groups -OCH3 is 2. The van der Waals surface area contributed by atoms with Crippen molar-refractivity contribution in [2.24, 2.45) is 35.5 Å². The molecule has 0 heterocycles. The minimum Gasteiger partial charge on any atom is -0.393 e. The summed E-state index contributed by atoms with van der Waals surface area (Å²) in [6.07, 6.45) is 4.57. The molecular formula is C19H36O4. The molecule has 4 nitrogen and oxygen atoms in total. The largest absolute Gasteiger partial charge is 0.393 e. The van der Waals surface area contributed by atoms with Gasteiger partial charge in [-0.05, 0) is 67.6 Å². The fourth-order valence-corrected chi connectivity index (χ4v) is 5.19. The van der Waals surface area contributed by atoms with E-state index >= 15 is 0 Å². The normalized spacial score (nSPS) is 45.1. The van der Waals surface area contributed by atoms with Crippen molar-refractivity contribution in [3.05, 3.63) is 0 Å². The molecule has 8 atom stereocenters. The van der Waals surface area contributed by atoms with Crippen molar-refractivity contribution in [1.29, 1.82) is 0 Å². The standard InChI is InChI=1S/C19H36O4/c1-12-5-14(10-22-3)7-16(18(12)20)9-17-8-15(11-23-4)6-13(2)19(17)21/h12-21H,5-11H2,1-4H3. The van der Waals surface area contributed by atoms with Gasteiger partial charge in [-0.1, -0.05) is 13.8 Å². The summed E-state index contributed by atoms with van der Waals surface area (Å²) in [7, 11) is 3.51. The molecule has 0 aliphatic heterocycles. The summed E-state index contributed by atoms with van der Waals surface area (Å²) >= 11 is 0. The Bertz CT molecular complexity index is 316. The van der Waals surface area contributed by atoms with Crippen LogP contribution in [-0.4, -0.2) is 49.9 Å². The zero-order valence-electron chi connectivity index (χ0n) is 15.3. The van der Waals surface area contributed by atoms with Crippen LogP contribution in [0.1, 0.15) is 46.0 Å². The molecule has 2 rings (SSSR count). The molecule has 2 saturated carbocycles. The van der Waals surface area contributed by atoms with Crippen molar-refractivity contribution in [3.63, 3.8) is 0 Å². The van der Waals surface area contributed by atoms with E-state index < -0.39 is 0 Å². The monoisotopic (exact) mass is 328 g/mol. The number of aliphatic hydroxyl groups is 2. The van der Waals surface area contributed by atoms with Gasteiger partial charge in [0.05, 0.1) is 12.2 Å². The van der Waals surface area contributed by atoms with Crippen LogP contribution in [-0.2, 0) is 9.47 Å². The van der Waals surface area contributed by atoms with Gasteiger partial charge in [-0.3, -0.25) is 0 Å². The smallest absolute Gasteiger partial charge is 0.0594 e. The summed E-state index contributed by atoms with van der Waals surface area (Å²) < 4.78 is 10.7. The van der Waals surface area contributed by atoms with Crippen molar-refractivity contribution >= 4 is 0 Å². The lowest BCUT2D eigenvalue weighted by molar-refractivity contribution is -0.0583. The first-order valence-corrected chi connectivity index (χ1v) is 9.30. The van der Waals surface area contributed by atoms with Gasteiger partial charge >= 0.3 is 0 Å². The number of ether oxygens (including phenoxy) is 2. The Morgan fingerprint density at radius 1 is 0.739 bits per heavy atom. The van der Waals surface area contributed by atoms with E-state index in [4.69, 9.17) is 9.47 Å². The third-order valence-electron chi connectivity index (χ3n) is 6.22. The van der Waals surface area contributed by atoms with Gasteiger partial charge in [0.2, 0.25) is 0 Å². The van der Waals surface area contributed by atoms with Gasteiger partial charge in [0.15, 0.2) is 0 Å². The molecule has 2 fully saturated rings. The molecule has 0 amide bonds. The molecule has 0 bridgehead atoms. The van der Waals surface area contributed by atoms with E-state index in [-0.39, 0.29) is 24.0 Å². The predicted molar refractivity (Wildman–Crippen MR) is 91.1 cm³/mol. The van der Waals surface area contributed by atoms with E-state index in [2.05, 4.69) is 13.8 Å². The molecule has 2 aliphatic carbocycles. The van der Waals surface area contributed by atoms with E-state index in [0.29, 0.717) is 23.7 Å². The lowest BCUT2D eigenvalue weighted by Gasteiger charge is -2.43. The van der Waals surface area contributed by atoms with Crippen LogP contribution in [0.3, 0.4) is 0 Å². The maximum absolute atomic E-state index is 10.6. The molecule has 0 aromatic rings. The highest BCUT2D eigenvalue weighted by atomic mass is 16.5. The minimum atomic E-state index is -0.242. The summed E-state index contributed by atoms with van der Waals surface area (Å²) in [6, 6.07) is 0. The average Bonchev–Trinajstić information content (AvgIpc) is 2.50. The average molecular weight is 328 g/mol. The van der Waals surface area contributed by atoms with Gasteiger partial charge in [-0.25, -0.2) is 0 Å². The Morgan fingerprint density at radius 3 is 1.48 bits per heavy atom. The molecule has 136 valence electrons. The first-order chi connectivity index (χ1) is 11.0. The van der Waals surface area contributed by atoms with Crippen LogP contribution in [0.5, 0.6) is 0 Å².